The van der Waals surface area contributed by atoms with Gasteiger partial charge in [-0.15, -0.1) is 0 Å². The van der Waals surface area contributed by atoms with Gasteiger partial charge in [0.1, 0.15) is 47.7 Å². The van der Waals surface area contributed by atoms with Crippen LogP contribution < -0.4 is 28.4 Å². The van der Waals surface area contributed by atoms with Crippen molar-refractivity contribution in [3.05, 3.63) is 131 Å². The van der Waals surface area contributed by atoms with Crippen molar-refractivity contribution in [1.29, 1.82) is 0 Å². The summed E-state index contributed by atoms with van der Waals surface area (Å²) in [7, 11) is 0. The third-order valence-corrected chi connectivity index (χ3v) is 12.5. The molecule has 2 aliphatic rings. The molecule has 8 rings (SSSR count). The van der Waals surface area contributed by atoms with E-state index in [1.165, 1.54) is 75.3 Å². The number of unbranched alkanes of at least 4 members (excludes halogenated alkanes) is 10. The molecule has 320 valence electrons. The zero-order valence-corrected chi connectivity index (χ0v) is 36.5. The summed E-state index contributed by atoms with van der Waals surface area (Å²) in [5.41, 5.74) is 4.52. The molecule has 6 heteroatoms. The second kappa shape index (κ2) is 20.9. The minimum absolute atomic E-state index is 0.197. The van der Waals surface area contributed by atoms with Crippen LogP contribution in [0.2, 0.25) is 0 Å². The molecule has 0 aromatic heterocycles. The summed E-state index contributed by atoms with van der Waals surface area (Å²) in [6.07, 6.45) is 16.8. The predicted octanol–water partition coefficient (Wildman–Crippen LogP) is 14.2. The van der Waals surface area contributed by atoms with Gasteiger partial charge in [0, 0.05) is 16.2 Å². The molecule has 6 nitrogen and oxygen atoms in total. The van der Waals surface area contributed by atoms with Crippen LogP contribution in [0, 0.1) is 5.41 Å². The van der Waals surface area contributed by atoms with E-state index in [2.05, 4.69) is 74.5 Å². The van der Waals surface area contributed by atoms with Gasteiger partial charge >= 0.3 is 0 Å². The lowest BCUT2D eigenvalue weighted by Gasteiger charge is -2.42. The fraction of sp³-hybridized carbons (Fsp3) is 0.418. The maximum absolute atomic E-state index is 6.75. The molecule has 0 unspecified atom stereocenters. The van der Waals surface area contributed by atoms with Crippen molar-refractivity contribution in [2.75, 3.05) is 26.4 Å². The van der Waals surface area contributed by atoms with E-state index in [0.717, 1.165) is 106 Å². The third kappa shape index (κ3) is 10.8. The van der Waals surface area contributed by atoms with Gasteiger partial charge in [-0.1, -0.05) is 127 Å². The molecule has 0 aliphatic carbocycles. The highest BCUT2D eigenvalue weighted by molar-refractivity contribution is 5.93. The van der Waals surface area contributed by atoms with E-state index in [0.29, 0.717) is 26.4 Å². The van der Waals surface area contributed by atoms with Gasteiger partial charge < -0.3 is 28.4 Å². The lowest BCUT2D eigenvalue weighted by Crippen LogP contribution is -2.44. The second-order valence-corrected chi connectivity index (χ2v) is 17.3. The van der Waals surface area contributed by atoms with E-state index in [-0.39, 0.29) is 5.41 Å². The number of rotatable bonds is 22. The van der Waals surface area contributed by atoms with Gasteiger partial charge in [-0.05, 0) is 119 Å². The van der Waals surface area contributed by atoms with Crippen LogP contribution in [0.1, 0.15) is 113 Å². The van der Waals surface area contributed by atoms with E-state index in [1.807, 2.05) is 48.5 Å². The molecule has 0 radical (unpaired) electrons. The molecule has 0 fully saturated rings. The molecule has 2 heterocycles. The van der Waals surface area contributed by atoms with Crippen LogP contribution >= 0.6 is 0 Å². The second-order valence-electron chi connectivity index (χ2n) is 17.3. The Balaban J connectivity index is 0.922. The average molecular weight is 821 g/mol. The van der Waals surface area contributed by atoms with Gasteiger partial charge in [0.15, 0.2) is 0 Å². The minimum atomic E-state index is -0.197. The molecular weight excluding hydrogens is 757 g/mol. The van der Waals surface area contributed by atoms with Crippen molar-refractivity contribution in [1.82, 2.24) is 0 Å². The van der Waals surface area contributed by atoms with Crippen molar-refractivity contribution in [3.8, 4) is 34.5 Å². The lowest BCUT2D eigenvalue weighted by atomic mass is 9.73. The number of ether oxygens (including phenoxy) is 6. The Bertz CT molecular complexity index is 2150. The predicted molar refractivity (Wildman–Crippen MR) is 248 cm³/mol. The molecule has 0 atom stereocenters. The SMILES string of the molecule is CCCCCCCCOc1ccc(OCc2cc3c(c4ccccc24)OCC2(COc4c(cc(COc5ccc(OCCCCCCCC)cc5)c5ccccc45)C2)C3)cc1. The highest BCUT2D eigenvalue weighted by atomic mass is 16.5. The van der Waals surface area contributed by atoms with Crippen LogP contribution in [0.25, 0.3) is 21.5 Å². The van der Waals surface area contributed by atoms with Crippen molar-refractivity contribution in [2.45, 2.75) is 117 Å². The summed E-state index contributed by atoms with van der Waals surface area (Å²) in [4.78, 5) is 0. The summed E-state index contributed by atoms with van der Waals surface area (Å²) in [6, 6.07) is 37.8. The monoisotopic (exact) mass is 820 g/mol. The van der Waals surface area contributed by atoms with E-state index in [1.54, 1.807) is 0 Å². The standard InChI is InChI=1S/C55H64O6/c1-3-5-7-9-11-17-31-56-45-23-27-47(28-24-45)58-37-43-33-41-35-55(39-60-53(41)51-21-15-13-19-49(43)51)36-42-34-44(50-20-14-16-22-52(50)54(42)61-40-55)38-59-48-29-25-46(26-30-48)57-32-18-12-10-8-6-4-2/h13-16,19-30,33-34H,3-12,17-18,31-32,35-40H2,1-2H3. The molecule has 1 spiro atoms. The van der Waals surface area contributed by atoms with Crippen molar-refractivity contribution >= 4 is 21.5 Å². The van der Waals surface area contributed by atoms with E-state index in [4.69, 9.17) is 28.4 Å². The lowest BCUT2D eigenvalue weighted by molar-refractivity contribution is 0.0497. The Hall–Kier alpha value is -5.36. The van der Waals surface area contributed by atoms with Crippen LogP contribution in [-0.2, 0) is 26.1 Å². The van der Waals surface area contributed by atoms with Crippen molar-refractivity contribution in [3.63, 3.8) is 0 Å². The van der Waals surface area contributed by atoms with Crippen LogP contribution in [0.4, 0.5) is 0 Å². The number of hydrogen-bond acceptors (Lipinski definition) is 6. The maximum Gasteiger partial charge on any atom is 0.130 e. The van der Waals surface area contributed by atoms with Crippen LogP contribution in [-0.4, -0.2) is 26.4 Å². The molecule has 6 aromatic carbocycles. The molecule has 0 saturated carbocycles. The van der Waals surface area contributed by atoms with Gasteiger partial charge in [-0.25, -0.2) is 0 Å². The summed E-state index contributed by atoms with van der Waals surface area (Å²) < 4.78 is 38.4. The summed E-state index contributed by atoms with van der Waals surface area (Å²) in [6.45, 7) is 8.13. The largest absolute Gasteiger partial charge is 0.494 e. The fourth-order valence-electron chi connectivity index (χ4n) is 9.12. The van der Waals surface area contributed by atoms with Crippen LogP contribution in [0.5, 0.6) is 34.5 Å². The van der Waals surface area contributed by atoms with Gasteiger partial charge in [0.05, 0.1) is 26.4 Å². The molecule has 61 heavy (non-hydrogen) atoms. The Morgan fingerprint density at radius 3 is 1.20 bits per heavy atom. The first-order chi connectivity index (χ1) is 30.1. The number of hydrogen-bond donors (Lipinski definition) is 0. The highest BCUT2D eigenvalue weighted by Gasteiger charge is 2.42. The number of fused-ring (bicyclic) bond motifs is 6. The first-order valence-corrected chi connectivity index (χ1v) is 23.2. The first-order valence-electron chi connectivity index (χ1n) is 23.2. The maximum atomic E-state index is 6.75. The molecule has 0 saturated heterocycles. The Labute approximate surface area is 363 Å². The Morgan fingerprint density at radius 2 is 0.787 bits per heavy atom. The molecule has 0 bridgehead atoms. The summed E-state index contributed by atoms with van der Waals surface area (Å²) >= 11 is 0. The van der Waals surface area contributed by atoms with E-state index in [9.17, 15) is 0 Å². The van der Waals surface area contributed by atoms with Crippen molar-refractivity contribution < 1.29 is 28.4 Å². The van der Waals surface area contributed by atoms with Gasteiger partial charge in [-0.2, -0.15) is 0 Å². The molecule has 0 N–H and O–H groups in total. The van der Waals surface area contributed by atoms with Gasteiger partial charge in [-0.3, -0.25) is 0 Å². The third-order valence-electron chi connectivity index (χ3n) is 12.5. The van der Waals surface area contributed by atoms with Gasteiger partial charge in [0.2, 0.25) is 0 Å². The summed E-state index contributed by atoms with van der Waals surface area (Å²) in [5, 5.41) is 4.58. The van der Waals surface area contributed by atoms with Crippen LogP contribution in [0.15, 0.2) is 109 Å². The topological polar surface area (TPSA) is 55.4 Å². The fourth-order valence-corrected chi connectivity index (χ4v) is 9.12. The normalized spacial score (nSPS) is 13.9. The molecule has 2 aliphatic heterocycles. The van der Waals surface area contributed by atoms with Crippen molar-refractivity contribution in [2.24, 2.45) is 5.41 Å². The smallest absolute Gasteiger partial charge is 0.130 e. The van der Waals surface area contributed by atoms with E-state index >= 15 is 0 Å². The Kier molecular flexibility index (Phi) is 14.5. The minimum Gasteiger partial charge on any atom is -0.494 e. The Morgan fingerprint density at radius 1 is 0.426 bits per heavy atom. The zero-order chi connectivity index (χ0) is 41.7. The van der Waals surface area contributed by atoms with Crippen LogP contribution in [0.3, 0.4) is 0 Å². The molecular formula is C55H64O6. The average Bonchev–Trinajstić information content (AvgIpc) is 3.30. The summed E-state index contributed by atoms with van der Waals surface area (Å²) in [5.74, 6) is 5.40. The van der Waals surface area contributed by atoms with E-state index < -0.39 is 0 Å². The highest BCUT2D eigenvalue weighted by Crippen LogP contribution is 2.47. The first kappa shape index (κ1) is 42.3. The molecule has 6 aromatic rings. The number of benzene rings is 6. The zero-order valence-electron chi connectivity index (χ0n) is 36.5. The molecule has 0 amide bonds. The quantitative estimate of drug-likeness (QED) is 0.0636. The van der Waals surface area contributed by atoms with Gasteiger partial charge in [0.25, 0.3) is 0 Å².